The topological polar surface area (TPSA) is 151 Å². The summed E-state index contributed by atoms with van der Waals surface area (Å²) < 4.78 is 5.86. The fourth-order valence-corrected chi connectivity index (χ4v) is 6.33. The third-order valence-electron chi connectivity index (χ3n) is 7.84. The van der Waals surface area contributed by atoms with Gasteiger partial charge in [0.25, 0.3) is 11.8 Å². The Morgan fingerprint density at radius 1 is 1.16 bits per heavy atom. The van der Waals surface area contributed by atoms with Crippen LogP contribution in [-0.4, -0.2) is 70.9 Å². The van der Waals surface area contributed by atoms with Gasteiger partial charge in [0, 0.05) is 43.7 Å². The van der Waals surface area contributed by atoms with Gasteiger partial charge in [0.05, 0.1) is 15.6 Å². The van der Waals surface area contributed by atoms with E-state index in [1.165, 1.54) is 0 Å². The molecule has 0 aliphatic carbocycles. The lowest BCUT2D eigenvalue weighted by atomic mass is 9.96. The first-order valence-corrected chi connectivity index (χ1v) is 14.7. The van der Waals surface area contributed by atoms with Gasteiger partial charge >= 0.3 is 5.97 Å². The van der Waals surface area contributed by atoms with Crippen molar-refractivity contribution in [2.75, 3.05) is 26.2 Å². The van der Waals surface area contributed by atoms with Crippen LogP contribution in [0.5, 0.6) is 0 Å². The van der Waals surface area contributed by atoms with Gasteiger partial charge in [-0.3, -0.25) is 9.59 Å². The van der Waals surface area contributed by atoms with Gasteiger partial charge in [-0.2, -0.15) is 5.26 Å². The maximum absolute atomic E-state index is 13.4. The van der Waals surface area contributed by atoms with Crippen molar-refractivity contribution < 1.29 is 23.9 Å². The molecule has 1 saturated heterocycles. The lowest BCUT2D eigenvalue weighted by Gasteiger charge is -2.30. The number of nitriles is 1. The van der Waals surface area contributed by atoms with E-state index < -0.39 is 17.9 Å². The summed E-state index contributed by atoms with van der Waals surface area (Å²) in [4.78, 5) is 46.0. The Morgan fingerprint density at radius 2 is 1.91 bits per heavy atom. The zero-order valence-electron chi connectivity index (χ0n) is 23.5. The van der Waals surface area contributed by atoms with E-state index in [0.717, 1.165) is 36.9 Å². The lowest BCUT2D eigenvalue weighted by molar-refractivity contribution is -0.139. The summed E-state index contributed by atoms with van der Waals surface area (Å²) in [6.45, 7) is 4.09. The van der Waals surface area contributed by atoms with Crippen LogP contribution in [0.3, 0.4) is 0 Å². The number of hydrogen-bond acceptors (Lipinski definition) is 6. The zero-order valence-corrected chi connectivity index (χ0v) is 25.0. The minimum absolute atomic E-state index is 0.0157. The second-order valence-electron chi connectivity index (χ2n) is 10.5. The number of furan rings is 1. The standard InChI is InChI=1S/C30H30Cl2N6O5/c1-17-19-6-2-3-7-23(19)43-26(17)28(40)38-13-9-20-18(15-38)14-21(31)24(25(20)32)27(39)36-22(29(41)42)8-10-34-30(35-16-33)37-11-4-5-12-37/h2-3,6-7,14,22H,4-5,8-13,15H2,1H3,(H,34,35)(H,36,39)(H,41,42)/t22-/m0/s1. The number of para-hydroxylation sites is 1. The maximum atomic E-state index is 13.4. The molecule has 3 heterocycles. The van der Waals surface area contributed by atoms with Crippen molar-refractivity contribution in [1.29, 1.82) is 5.26 Å². The average molecular weight is 626 g/mol. The highest BCUT2D eigenvalue weighted by molar-refractivity contribution is 6.40. The number of aliphatic imine (C=N–C) groups is 1. The van der Waals surface area contributed by atoms with Gasteiger partial charge in [-0.25, -0.2) is 4.79 Å². The Hall–Kier alpha value is -4.27. The molecule has 224 valence electrons. The van der Waals surface area contributed by atoms with E-state index in [9.17, 15) is 19.5 Å². The molecular weight excluding hydrogens is 595 g/mol. The fourth-order valence-electron chi connectivity index (χ4n) is 5.57. The van der Waals surface area contributed by atoms with Crippen LogP contribution in [0.15, 0.2) is 39.7 Å². The molecule has 3 N–H and O–H groups in total. The monoisotopic (exact) mass is 624 g/mol. The quantitative estimate of drug-likeness (QED) is 0.199. The van der Waals surface area contributed by atoms with E-state index in [1.807, 2.05) is 36.1 Å². The van der Waals surface area contributed by atoms with Gasteiger partial charge < -0.3 is 30.0 Å². The second-order valence-corrected chi connectivity index (χ2v) is 11.3. The van der Waals surface area contributed by atoms with Crippen LogP contribution >= 0.6 is 23.2 Å². The van der Waals surface area contributed by atoms with Crippen LogP contribution < -0.4 is 10.6 Å². The van der Waals surface area contributed by atoms with Crippen LogP contribution in [0.2, 0.25) is 10.0 Å². The number of nitrogens with zero attached hydrogens (tertiary/aromatic N) is 4. The third kappa shape index (κ3) is 6.26. The smallest absolute Gasteiger partial charge is 0.326 e. The molecule has 0 bridgehead atoms. The number of aliphatic carboxylic acids is 1. The first-order valence-electron chi connectivity index (χ1n) is 14.0. The van der Waals surface area contributed by atoms with Gasteiger partial charge in [0.1, 0.15) is 11.6 Å². The molecule has 2 aliphatic heterocycles. The number of benzene rings is 2. The van der Waals surface area contributed by atoms with Crippen LogP contribution in [-0.2, 0) is 17.8 Å². The molecule has 43 heavy (non-hydrogen) atoms. The van der Waals surface area contributed by atoms with E-state index in [0.29, 0.717) is 35.6 Å². The largest absolute Gasteiger partial charge is 0.480 e. The summed E-state index contributed by atoms with van der Waals surface area (Å²) >= 11 is 13.2. The number of hydrogen-bond donors (Lipinski definition) is 3. The highest BCUT2D eigenvalue weighted by Crippen LogP contribution is 2.36. The first-order chi connectivity index (χ1) is 20.7. The van der Waals surface area contributed by atoms with E-state index >= 15 is 0 Å². The number of aryl methyl sites for hydroxylation is 1. The number of likely N-dealkylation sites (tertiary alicyclic amines) is 1. The molecule has 0 unspecified atom stereocenters. The number of amides is 2. The van der Waals surface area contributed by atoms with Crippen molar-refractivity contribution in [3.05, 3.63) is 68.4 Å². The minimum atomic E-state index is -1.25. The van der Waals surface area contributed by atoms with Gasteiger partial charge in [-0.15, -0.1) is 4.99 Å². The molecular formula is C30H30Cl2N6O5. The van der Waals surface area contributed by atoms with Crippen LogP contribution in [0.25, 0.3) is 11.0 Å². The van der Waals surface area contributed by atoms with Crippen LogP contribution in [0.1, 0.15) is 56.9 Å². The molecule has 1 aromatic heterocycles. The van der Waals surface area contributed by atoms with E-state index in [-0.39, 0.29) is 46.8 Å². The van der Waals surface area contributed by atoms with E-state index in [1.54, 1.807) is 17.2 Å². The number of rotatable bonds is 7. The second kappa shape index (κ2) is 12.9. The van der Waals surface area contributed by atoms with Gasteiger partial charge in [-0.1, -0.05) is 41.4 Å². The maximum Gasteiger partial charge on any atom is 0.326 e. The van der Waals surface area contributed by atoms with Crippen molar-refractivity contribution >= 4 is 57.9 Å². The van der Waals surface area contributed by atoms with Crippen LogP contribution in [0.4, 0.5) is 0 Å². The molecule has 11 nitrogen and oxygen atoms in total. The Kier molecular flexibility index (Phi) is 9.08. The molecule has 2 aromatic carbocycles. The number of carbonyl (C=O) groups is 3. The summed E-state index contributed by atoms with van der Waals surface area (Å²) in [5.74, 6) is -1.53. The van der Waals surface area contributed by atoms with Crippen molar-refractivity contribution in [3.63, 3.8) is 0 Å². The fraction of sp³-hybridized carbons (Fsp3) is 0.367. The normalized spacial score (nSPS) is 15.6. The molecule has 2 amide bonds. The molecule has 13 heteroatoms. The summed E-state index contributed by atoms with van der Waals surface area (Å²) in [6.07, 6.45) is 4.13. The van der Waals surface area contributed by atoms with Gasteiger partial charge in [-0.05, 0) is 55.9 Å². The highest BCUT2D eigenvalue weighted by Gasteiger charge is 2.31. The molecule has 5 rings (SSSR count). The predicted molar refractivity (Wildman–Crippen MR) is 161 cm³/mol. The molecule has 0 saturated carbocycles. The number of nitrogens with one attached hydrogen (secondary N) is 2. The Morgan fingerprint density at radius 3 is 2.60 bits per heavy atom. The molecule has 1 fully saturated rings. The predicted octanol–water partition coefficient (Wildman–Crippen LogP) is 4.34. The minimum Gasteiger partial charge on any atom is -0.480 e. The number of carbonyl (C=O) groups excluding carboxylic acids is 2. The first kappa shape index (κ1) is 30.2. The highest BCUT2D eigenvalue weighted by atomic mass is 35.5. The van der Waals surface area contributed by atoms with Crippen molar-refractivity contribution in [1.82, 2.24) is 20.4 Å². The van der Waals surface area contributed by atoms with Crippen molar-refractivity contribution in [2.45, 2.75) is 45.2 Å². The third-order valence-corrected chi connectivity index (χ3v) is 8.55. The molecule has 0 spiro atoms. The Labute approximate surface area is 258 Å². The zero-order chi connectivity index (χ0) is 30.7. The van der Waals surface area contributed by atoms with E-state index in [2.05, 4.69) is 15.6 Å². The van der Waals surface area contributed by atoms with Crippen molar-refractivity contribution in [3.8, 4) is 6.19 Å². The SMILES string of the molecule is Cc1c(C(=O)N2CCc3c(cc(Cl)c(C(=O)N[C@@H](CCN/C(=N/C#N)N4CCCC4)C(=O)O)c3Cl)C2)oc2ccccc12. The van der Waals surface area contributed by atoms with Crippen molar-refractivity contribution in [2.24, 2.45) is 4.99 Å². The summed E-state index contributed by atoms with van der Waals surface area (Å²) in [5.41, 5.74) is 2.77. The van der Waals surface area contributed by atoms with Crippen LogP contribution in [0, 0.1) is 18.4 Å². The van der Waals surface area contributed by atoms with E-state index in [4.69, 9.17) is 32.9 Å². The van der Waals surface area contributed by atoms with Gasteiger partial charge in [0.15, 0.2) is 5.76 Å². The summed E-state index contributed by atoms with van der Waals surface area (Å²) in [5, 5.41) is 25.4. The summed E-state index contributed by atoms with van der Waals surface area (Å²) in [7, 11) is 0. The number of carboxylic acid groups (broad SMARTS) is 1. The Bertz CT molecular complexity index is 1660. The molecule has 2 aliphatic rings. The average Bonchev–Trinajstić information content (AvgIpc) is 3.64. The van der Waals surface area contributed by atoms with Gasteiger partial charge in [0.2, 0.25) is 12.2 Å². The molecule has 0 radical (unpaired) electrons. The lowest BCUT2D eigenvalue weighted by Crippen LogP contribution is -2.45. The number of carboxylic acids is 1. The molecule has 3 aromatic rings. The summed E-state index contributed by atoms with van der Waals surface area (Å²) in [6, 6.07) is 7.81. The number of guanidine groups is 1. The number of fused-ring (bicyclic) bond motifs is 2. The molecule has 1 atom stereocenters. The number of halogens is 2. The Balaban J connectivity index is 1.27.